The molecular formula is C12H20N4O. The SMILES string of the molecule is Cc1nnc(C2CNCCO2)n1C1CCCC1. The number of morpholine rings is 1. The van der Waals surface area contributed by atoms with Crippen molar-refractivity contribution in [3.8, 4) is 0 Å². The Hall–Kier alpha value is -0.940. The summed E-state index contributed by atoms with van der Waals surface area (Å²) in [7, 11) is 0. The van der Waals surface area contributed by atoms with Crippen LogP contribution in [-0.4, -0.2) is 34.5 Å². The minimum atomic E-state index is 0.0746. The summed E-state index contributed by atoms with van der Waals surface area (Å²) in [5.74, 6) is 2.04. The standard InChI is InChI=1S/C12H20N4O/c1-9-14-15-12(11-8-13-6-7-17-11)16(9)10-4-2-3-5-10/h10-11,13H,2-8H2,1H3. The molecule has 1 aliphatic carbocycles. The maximum absolute atomic E-state index is 5.79. The fourth-order valence-corrected chi connectivity index (χ4v) is 2.95. The van der Waals surface area contributed by atoms with Crippen LogP contribution in [0.2, 0.25) is 0 Å². The second-order valence-corrected chi connectivity index (χ2v) is 4.98. The van der Waals surface area contributed by atoms with Gasteiger partial charge < -0.3 is 14.6 Å². The molecule has 5 nitrogen and oxygen atoms in total. The lowest BCUT2D eigenvalue weighted by Gasteiger charge is -2.25. The molecule has 1 aromatic rings. The first-order chi connectivity index (χ1) is 8.36. The molecule has 2 fully saturated rings. The van der Waals surface area contributed by atoms with Gasteiger partial charge >= 0.3 is 0 Å². The molecule has 2 aliphatic rings. The zero-order chi connectivity index (χ0) is 11.7. The first-order valence-electron chi connectivity index (χ1n) is 6.60. The van der Waals surface area contributed by atoms with Gasteiger partial charge in [0.15, 0.2) is 5.82 Å². The number of ether oxygens (including phenoxy) is 1. The van der Waals surface area contributed by atoms with Gasteiger partial charge in [-0.05, 0) is 19.8 Å². The van der Waals surface area contributed by atoms with Crippen LogP contribution in [-0.2, 0) is 4.74 Å². The molecule has 17 heavy (non-hydrogen) atoms. The van der Waals surface area contributed by atoms with Crippen LogP contribution in [0.15, 0.2) is 0 Å². The molecule has 0 amide bonds. The molecule has 0 radical (unpaired) electrons. The lowest BCUT2D eigenvalue weighted by atomic mass is 10.2. The highest BCUT2D eigenvalue weighted by Crippen LogP contribution is 2.33. The Balaban J connectivity index is 1.87. The normalized spacial score (nSPS) is 26.5. The number of nitrogens with zero attached hydrogens (tertiary/aromatic N) is 3. The van der Waals surface area contributed by atoms with Crippen molar-refractivity contribution in [3.05, 3.63) is 11.6 Å². The predicted octanol–water partition coefficient (Wildman–Crippen LogP) is 1.36. The van der Waals surface area contributed by atoms with Crippen molar-refractivity contribution >= 4 is 0 Å². The molecular weight excluding hydrogens is 216 g/mol. The monoisotopic (exact) mass is 236 g/mol. The fraction of sp³-hybridized carbons (Fsp3) is 0.833. The maximum Gasteiger partial charge on any atom is 0.163 e. The summed E-state index contributed by atoms with van der Waals surface area (Å²) in [6.45, 7) is 4.60. The Labute approximate surface area is 102 Å². The number of aryl methyl sites for hydroxylation is 1. The molecule has 5 heteroatoms. The molecule has 94 valence electrons. The average Bonchev–Trinajstić information content (AvgIpc) is 2.99. The highest BCUT2D eigenvalue weighted by molar-refractivity contribution is 5.03. The van der Waals surface area contributed by atoms with Crippen molar-refractivity contribution in [2.24, 2.45) is 0 Å². The van der Waals surface area contributed by atoms with Gasteiger partial charge in [0.05, 0.1) is 6.61 Å². The summed E-state index contributed by atoms with van der Waals surface area (Å²) in [5.41, 5.74) is 0. The summed E-state index contributed by atoms with van der Waals surface area (Å²) in [6, 6.07) is 0.588. The smallest absolute Gasteiger partial charge is 0.163 e. The van der Waals surface area contributed by atoms with Crippen molar-refractivity contribution in [1.82, 2.24) is 20.1 Å². The topological polar surface area (TPSA) is 52.0 Å². The zero-order valence-corrected chi connectivity index (χ0v) is 10.4. The molecule has 1 atom stereocenters. The van der Waals surface area contributed by atoms with E-state index in [0.29, 0.717) is 6.04 Å². The Morgan fingerprint density at radius 2 is 2.12 bits per heavy atom. The highest BCUT2D eigenvalue weighted by atomic mass is 16.5. The summed E-state index contributed by atoms with van der Waals surface area (Å²) >= 11 is 0. The van der Waals surface area contributed by atoms with E-state index < -0.39 is 0 Å². The first kappa shape index (κ1) is 11.2. The van der Waals surface area contributed by atoms with Crippen LogP contribution in [0, 0.1) is 6.92 Å². The van der Waals surface area contributed by atoms with Crippen LogP contribution in [0.3, 0.4) is 0 Å². The largest absolute Gasteiger partial charge is 0.368 e. The number of rotatable bonds is 2. The maximum atomic E-state index is 5.79. The minimum Gasteiger partial charge on any atom is -0.368 e. The highest BCUT2D eigenvalue weighted by Gasteiger charge is 2.28. The van der Waals surface area contributed by atoms with Crippen molar-refractivity contribution in [2.45, 2.75) is 44.8 Å². The second-order valence-electron chi connectivity index (χ2n) is 4.98. The molecule has 1 aliphatic heterocycles. The van der Waals surface area contributed by atoms with E-state index in [1.807, 2.05) is 6.92 Å². The summed E-state index contributed by atoms with van der Waals surface area (Å²) in [4.78, 5) is 0. The van der Waals surface area contributed by atoms with Crippen LogP contribution in [0.5, 0.6) is 0 Å². The molecule has 1 aromatic heterocycles. The van der Waals surface area contributed by atoms with Crippen molar-refractivity contribution in [1.29, 1.82) is 0 Å². The molecule has 1 N–H and O–H groups in total. The van der Waals surface area contributed by atoms with E-state index in [0.717, 1.165) is 31.3 Å². The molecule has 2 heterocycles. The summed E-state index contributed by atoms with van der Waals surface area (Å²) in [5, 5.41) is 11.9. The van der Waals surface area contributed by atoms with E-state index >= 15 is 0 Å². The van der Waals surface area contributed by atoms with Crippen LogP contribution in [0.1, 0.15) is 49.5 Å². The third kappa shape index (κ3) is 2.09. The Morgan fingerprint density at radius 3 is 2.82 bits per heavy atom. The summed E-state index contributed by atoms with van der Waals surface area (Å²) in [6.07, 6.45) is 5.24. The van der Waals surface area contributed by atoms with E-state index in [1.165, 1.54) is 25.7 Å². The first-order valence-corrected chi connectivity index (χ1v) is 6.60. The molecule has 1 saturated carbocycles. The van der Waals surface area contributed by atoms with E-state index in [1.54, 1.807) is 0 Å². The number of hydrogen-bond acceptors (Lipinski definition) is 4. The molecule has 0 bridgehead atoms. The molecule has 0 spiro atoms. The third-order valence-electron chi connectivity index (χ3n) is 3.80. The summed E-state index contributed by atoms with van der Waals surface area (Å²) < 4.78 is 8.10. The van der Waals surface area contributed by atoms with E-state index in [4.69, 9.17) is 4.74 Å². The molecule has 1 saturated heterocycles. The Morgan fingerprint density at radius 1 is 1.29 bits per heavy atom. The van der Waals surface area contributed by atoms with Gasteiger partial charge in [0.25, 0.3) is 0 Å². The van der Waals surface area contributed by atoms with Crippen LogP contribution in [0.4, 0.5) is 0 Å². The van der Waals surface area contributed by atoms with Gasteiger partial charge in [0.2, 0.25) is 0 Å². The van der Waals surface area contributed by atoms with Gasteiger partial charge in [-0.15, -0.1) is 10.2 Å². The molecule has 1 unspecified atom stereocenters. The van der Waals surface area contributed by atoms with E-state index in [2.05, 4.69) is 20.1 Å². The van der Waals surface area contributed by atoms with Crippen LogP contribution >= 0.6 is 0 Å². The lowest BCUT2D eigenvalue weighted by Crippen LogP contribution is -2.35. The molecule has 3 rings (SSSR count). The number of nitrogens with one attached hydrogen (secondary N) is 1. The van der Waals surface area contributed by atoms with Gasteiger partial charge in [-0.25, -0.2) is 0 Å². The van der Waals surface area contributed by atoms with Crippen molar-refractivity contribution in [3.63, 3.8) is 0 Å². The third-order valence-corrected chi connectivity index (χ3v) is 3.80. The zero-order valence-electron chi connectivity index (χ0n) is 10.4. The lowest BCUT2D eigenvalue weighted by molar-refractivity contribution is 0.0188. The number of aromatic nitrogens is 3. The van der Waals surface area contributed by atoms with Gasteiger partial charge in [-0.3, -0.25) is 0 Å². The van der Waals surface area contributed by atoms with E-state index in [-0.39, 0.29) is 6.10 Å². The van der Waals surface area contributed by atoms with E-state index in [9.17, 15) is 0 Å². The van der Waals surface area contributed by atoms with Crippen LogP contribution in [0.25, 0.3) is 0 Å². The predicted molar refractivity (Wildman–Crippen MR) is 63.8 cm³/mol. The quantitative estimate of drug-likeness (QED) is 0.842. The Bertz CT molecular complexity index is 378. The van der Waals surface area contributed by atoms with Crippen molar-refractivity contribution in [2.75, 3.05) is 19.7 Å². The number of hydrogen-bond donors (Lipinski definition) is 1. The fourth-order valence-electron chi connectivity index (χ4n) is 2.95. The van der Waals surface area contributed by atoms with Crippen LogP contribution < -0.4 is 5.32 Å². The second kappa shape index (κ2) is 4.74. The van der Waals surface area contributed by atoms with Gasteiger partial charge in [-0.2, -0.15) is 0 Å². The van der Waals surface area contributed by atoms with Gasteiger partial charge in [0.1, 0.15) is 11.9 Å². The van der Waals surface area contributed by atoms with Gasteiger partial charge in [0, 0.05) is 19.1 Å². The average molecular weight is 236 g/mol. The Kier molecular flexibility index (Phi) is 3.11. The van der Waals surface area contributed by atoms with Gasteiger partial charge in [-0.1, -0.05) is 12.8 Å². The minimum absolute atomic E-state index is 0.0746. The van der Waals surface area contributed by atoms with Crippen molar-refractivity contribution < 1.29 is 4.74 Å². The molecule has 0 aromatic carbocycles.